The first-order valence-electron chi connectivity index (χ1n) is 9.19. The van der Waals surface area contributed by atoms with Crippen molar-refractivity contribution >= 4 is 23.8 Å². The number of amides is 2. The van der Waals surface area contributed by atoms with Crippen LogP contribution in [0.1, 0.15) is 36.2 Å². The number of nitrogens with zero attached hydrogens (tertiary/aromatic N) is 1. The molecule has 7 heteroatoms. The van der Waals surface area contributed by atoms with Gasteiger partial charge in [-0.15, -0.1) is 0 Å². The van der Waals surface area contributed by atoms with Gasteiger partial charge in [0.25, 0.3) is 0 Å². The van der Waals surface area contributed by atoms with Gasteiger partial charge >= 0.3 is 6.03 Å². The number of rotatable bonds is 4. The molecule has 4 N–H and O–H groups in total. The number of pyridine rings is 1. The Morgan fingerprint density at radius 3 is 2.93 bits per heavy atom. The Bertz CT molecular complexity index is 794. The summed E-state index contributed by atoms with van der Waals surface area (Å²) in [7, 11) is 0. The zero-order valence-corrected chi connectivity index (χ0v) is 15.4. The number of carbonyl (C=O) groups excluding carboxylic acids is 1. The van der Waals surface area contributed by atoms with Crippen molar-refractivity contribution in [2.75, 3.05) is 30.4 Å². The van der Waals surface area contributed by atoms with Crippen LogP contribution >= 0.6 is 0 Å². The van der Waals surface area contributed by atoms with E-state index in [1.807, 2.05) is 37.3 Å². The zero-order chi connectivity index (χ0) is 19.1. The maximum Gasteiger partial charge on any atom is 0.320 e. The zero-order valence-electron chi connectivity index (χ0n) is 15.4. The van der Waals surface area contributed by atoms with Gasteiger partial charge in [0.2, 0.25) is 0 Å². The smallest absolute Gasteiger partial charge is 0.320 e. The van der Waals surface area contributed by atoms with Gasteiger partial charge in [-0.25, -0.2) is 9.78 Å². The van der Waals surface area contributed by atoms with Crippen LogP contribution in [0.5, 0.6) is 0 Å². The van der Waals surface area contributed by atoms with Crippen LogP contribution in [-0.4, -0.2) is 37.0 Å². The van der Waals surface area contributed by atoms with Gasteiger partial charge in [-0.05, 0) is 31.4 Å². The third kappa shape index (κ3) is 4.83. The van der Waals surface area contributed by atoms with Crippen LogP contribution in [0.15, 0.2) is 36.4 Å². The quantitative estimate of drug-likeness (QED) is 0.623. The average Bonchev–Trinajstić information content (AvgIpc) is 2.68. The first-order chi connectivity index (χ1) is 13.2. The van der Waals surface area contributed by atoms with E-state index in [1.165, 1.54) is 6.21 Å². The number of hydrogen-bond acceptors (Lipinski definition) is 5. The average molecular weight is 367 g/mol. The SMILES string of the molecule is CCNc1c(C=N)cc2nc1CCCOC[C@H](c1ccccc1)NC(=O)N2. The van der Waals surface area contributed by atoms with E-state index in [-0.39, 0.29) is 12.1 Å². The van der Waals surface area contributed by atoms with Crippen LogP contribution in [0.2, 0.25) is 0 Å². The van der Waals surface area contributed by atoms with Crippen LogP contribution < -0.4 is 16.0 Å². The molecule has 0 fully saturated rings. The normalized spacial score (nSPS) is 17.7. The van der Waals surface area contributed by atoms with Gasteiger partial charge in [0, 0.05) is 24.9 Å². The van der Waals surface area contributed by atoms with Crippen molar-refractivity contribution in [2.24, 2.45) is 0 Å². The molecule has 0 unspecified atom stereocenters. The molecule has 142 valence electrons. The van der Waals surface area contributed by atoms with E-state index in [0.717, 1.165) is 29.9 Å². The highest BCUT2D eigenvalue weighted by atomic mass is 16.5. The number of urea groups is 1. The van der Waals surface area contributed by atoms with E-state index in [2.05, 4.69) is 20.9 Å². The van der Waals surface area contributed by atoms with Gasteiger partial charge in [-0.1, -0.05) is 30.3 Å². The number of nitrogens with one attached hydrogen (secondary N) is 4. The molecule has 2 amide bonds. The van der Waals surface area contributed by atoms with Gasteiger partial charge in [0.15, 0.2) is 0 Å². The summed E-state index contributed by atoms with van der Waals surface area (Å²) in [5, 5.41) is 16.7. The number of benzene rings is 1. The molecule has 2 bridgehead atoms. The van der Waals surface area contributed by atoms with Gasteiger partial charge in [-0.2, -0.15) is 0 Å². The fourth-order valence-corrected chi connectivity index (χ4v) is 3.12. The second kappa shape index (κ2) is 9.14. The van der Waals surface area contributed by atoms with Gasteiger partial charge in [0.05, 0.1) is 24.0 Å². The molecule has 0 spiro atoms. The minimum atomic E-state index is -0.349. The molecule has 1 aliphatic rings. The van der Waals surface area contributed by atoms with Crippen LogP contribution in [0, 0.1) is 5.41 Å². The van der Waals surface area contributed by atoms with Gasteiger partial charge in [-0.3, -0.25) is 5.32 Å². The third-order valence-electron chi connectivity index (χ3n) is 4.37. The Labute approximate surface area is 159 Å². The van der Waals surface area contributed by atoms with Crippen LogP contribution in [-0.2, 0) is 11.2 Å². The first kappa shape index (κ1) is 18.8. The highest BCUT2D eigenvalue weighted by molar-refractivity contribution is 5.92. The van der Waals surface area contributed by atoms with Crippen molar-refractivity contribution < 1.29 is 9.53 Å². The molecule has 0 saturated carbocycles. The lowest BCUT2D eigenvalue weighted by molar-refractivity contribution is 0.111. The van der Waals surface area contributed by atoms with E-state index in [1.54, 1.807) is 6.07 Å². The van der Waals surface area contributed by atoms with E-state index in [0.29, 0.717) is 31.0 Å². The van der Waals surface area contributed by atoms with E-state index >= 15 is 0 Å². The van der Waals surface area contributed by atoms with E-state index < -0.39 is 0 Å². The molecule has 1 aromatic heterocycles. The molecule has 3 rings (SSSR count). The monoisotopic (exact) mass is 367 g/mol. The predicted molar refractivity (Wildman–Crippen MR) is 107 cm³/mol. The molecule has 2 aromatic rings. The Morgan fingerprint density at radius 1 is 1.37 bits per heavy atom. The number of fused-ring (bicyclic) bond motifs is 2. The third-order valence-corrected chi connectivity index (χ3v) is 4.37. The second-order valence-electron chi connectivity index (χ2n) is 6.33. The topological polar surface area (TPSA) is 99.1 Å². The summed E-state index contributed by atoms with van der Waals surface area (Å²) in [6.45, 7) is 3.72. The minimum absolute atomic E-state index is 0.242. The lowest BCUT2D eigenvalue weighted by Gasteiger charge is -2.21. The Hall–Kier alpha value is -2.93. The molecule has 0 radical (unpaired) electrons. The molecule has 0 saturated heterocycles. The largest absolute Gasteiger partial charge is 0.383 e. The van der Waals surface area contributed by atoms with Crippen LogP contribution in [0.4, 0.5) is 16.3 Å². The number of ether oxygens (including phenoxy) is 1. The predicted octanol–water partition coefficient (Wildman–Crippen LogP) is 3.34. The fraction of sp³-hybridized carbons (Fsp3) is 0.350. The Morgan fingerprint density at radius 2 is 2.19 bits per heavy atom. The van der Waals surface area contributed by atoms with E-state index in [9.17, 15) is 4.79 Å². The standard InChI is InChI=1S/C20H25N5O2/c1-2-22-19-15(12-21)11-18-23-16(19)9-6-10-27-13-17(24-20(26)25-18)14-7-4-3-5-8-14/h3-5,7-8,11-12,17,21-22H,2,6,9-10,13H2,1H3,(H2,23,24,25,26)/t17-/m1/s1. The van der Waals surface area contributed by atoms with Crippen molar-refractivity contribution in [1.82, 2.24) is 10.3 Å². The second-order valence-corrected chi connectivity index (χ2v) is 6.33. The number of carbonyl (C=O) groups is 1. The van der Waals surface area contributed by atoms with Gasteiger partial charge in [0.1, 0.15) is 5.82 Å². The summed E-state index contributed by atoms with van der Waals surface area (Å²) in [5.41, 5.74) is 3.37. The first-order valence-corrected chi connectivity index (χ1v) is 9.19. The highest BCUT2D eigenvalue weighted by Crippen LogP contribution is 2.24. The van der Waals surface area contributed by atoms with Crippen LogP contribution in [0.3, 0.4) is 0 Å². The van der Waals surface area contributed by atoms with Crippen molar-refractivity contribution in [1.29, 1.82) is 5.41 Å². The molecule has 1 aromatic carbocycles. The maximum absolute atomic E-state index is 12.5. The number of hydrogen-bond donors (Lipinski definition) is 4. The van der Waals surface area contributed by atoms with Crippen molar-refractivity contribution in [3.05, 3.63) is 53.2 Å². The van der Waals surface area contributed by atoms with Gasteiger partial charge < -0.3 is 20.8 Å². The minimum Gasteiger partial charge on any atom is -0.383 e. The number of aryl methyl sites for hydroxylation is 1. The van der Waals surface area contributed by atoms with Crippen LogP contribution in [0.25, 0.3) is 0 Å². The summed E-state index contributed by atoms with van der Waals surface area (Å²) in [5.74, 6) is 0.441. The van der Waals surface area contributed by atoms with E-state index in [4.69, 9.17) is 10.1 Å². The summed E-state index contributed by atoms with van der Waals surface area (Å²) < 4.78 is 5.81. The molecule has 27 heavy (non-hydrogen) atoms. The summed E-state index contributed by atoms with van der Waals surface area (Å²) in [6, 6.07) is 10.9. The fourth-order valence-electron chi connectivity index (χ4n) is 3.12. The molecule has 1 aliphatic heterocycles. The molecule has 7 nitrogen and oxygen atoms in total. The molecule has 2 heterocycles. The highest BCUT2D eigenvalue weighted by Gasteiger charge is 2.18. The molecular weight excluding hydrogens is 342 g/mol. The summed E-state index contributed by atoms with van der Waals surface area (Å²) in [4.78, 5) is 17.1. The van der Waals surface area contributed by atoms with Crippen molar-refractivity contribution in [2.45, 2.75) is 25.8 Å². The lowest BCUT2D eigenvalue weighted by atomic mass is 10.1. The Kier molecular flexibility index (Phi) is 6.38. The molecule has 0 aliphatic carbocycles. The molecule has 1 atom stereocenters. The summed E-state index contributed by atoms with van der Waals surface area (Å²) >= 11 is 0. The Balaban J connectivity index is 1.88. The number of aromatic nitrogens is 1. The van der Waals surface area contributed by atoms with Crippen molar-refractivity contribution in [3.8, 4) is 0 Å². The number of anilines is 2. The van der Waals surface area contributed by atoms with Crippen molar-refractivity contribution in [3.63, 3.8) is 0 Å². The lowest BCUT2D eigenvalue weighted by Crippen LogP contribution is -2.35. The maximum atomic E-state index is 12.5. The summed E-state index contributed by atoms with van der Waals surface area (Å²) in [6.07, 6.45) is 2.79. The molecular formula is C20H25N5O2.